The van der Waals surface area contributed by atoms with Gasteiger partial charge >= 0.3 is 6.18 Å². The molecule has 1 amide bonds. The van der Waals surface area contributed by atoms with Gasteiger partial charge in [0, 0.05) is 5.56 Å². The quantitative estimate of drug-likeness (QED) is 0.648. The van der Waals surface area contributed by atoms with Gasteiger partial charge in [0.05, 0.1) is 12.1 Å². The lowest BCUT2D eigenvalue weighted by Crippen LogP contribution is -2.47. The number of nitrogens with two attached hydrogens (primary N) is 1. The van der Waals surface area contributed by atoms with Crippen LogP contribution in [-0.4, -0.2) is 24.2 Å². The fraction of sp³-hybridized carbons (Fsp3) is 0.357. The molecule has 0 unspecified atom stereocenters. The molecule has 2 rings (SSSR count). The molecule has 3 nitrogen and oxygen atoms in total. The molecule has 1 aliphatic rings. The van der Waals surface area contributed by atoms with Crippen molar-refractivity contribution >= 4 is 5.91 Å². The van der Waals surface area contributed by atoms with Crippen molar-refractivity contribution in [3.8, 4) is 11.8 Å². The first kappa shape index (κ1) is 15.3. The fourth-order valence-electron chi connectivity index (χ4n) is 1.80. The van der Waals surface area contributed by atoms with E-state index in [-0.39, 0.29) is 30.5 Å². The van der Waals surface area contributed by atoms with Crippen LogP contribution in [0.2, 0.25) is 0 Å². The summed E-state index contributed by atoms with van der Waals surface area (Å²) in [5.41, 5.74) is 2.84. The van der Waals surface area contributed by atoms with E-state index >= 15 is 0 Å². The number of carbonyl (C=O) groups excluding carboxylic acids is 1. The molecule has 0 saturated heterocycles. The molecule has 0 atom stereocenters. The molecule has 0 aliphatic heterocycles. The van der Waals surface area contributed by atoms with Gasteiger partial charge in [-0.3, -0.25) is 4.79 Å². The molecule has 0 radical (unpaired) electrons. The lowest BCUT2D eigenvalue weighted by atomic mass is 10.1. The molecule has 1 aromatic carbocycles. The van der Waals surface area contributed by atoms with Crippen molar-refractivity contribution < 1.29 is 22.4 Å². The first-order valence-corrected chi connectivity index (χ1v) is 6.17. The number of nitrogens with one attached hydrogen (secondary N) is 1. The van der Waals surface area contributed by atoms with E-state index < -0.39 is 23.4 Å². The third kappa shape index (κ3) is 3.16. The monoisotopic (exact) mass is 300 g/mol. The zero-order chi connectivity index (χ0) is 15.7. The second-order valence-corrected chi connectivity index (χ2v) is 4.73. The van der Waals surface area contributed by atoms with Crippen LogP contribution in [-0.2, 0) is 0 Å². The number of halogens is 4. The highest BCUT2D eigenvalue weighted by atomic mass is 19.4. The Labute approximate surface area is 118 Å². The fourth-order valence-corrected chi connectivity index (χ4v) is 1.80. The van der Waals surface area contributed by atoms with Gasteiger partial charge in [-0.15, -0.1) is 0 Å². The molecule has 7 heteroatoms. The van der Waals surface area contributed by atoms with Gasteiger partial charge in [0.25, 0.3) is 5.91 Å². The summed E-state index contributed by atoms with van der Waals surface area (Å²) >= 11 is 0. The summed E-state index contributed by atoms with van der Waals surface area (Å²) in [6.45, 7) is 0.0514. The minimum absolute atomic E-state index is 0.0361. The average Bonchev–Trinajstić information content (AvgIpc) is 3.17. The molecule has 0 bridgehead atoms. The molecule has 1 aliphatic carbocycles. The lowest BCUT2D eigenvalue weighted by Gasteiger charge is -2.20. The molecular formula is C14H12F4N2O. The molecule has 112 valence electrons. The van der Waals surface area contributed by atoms with Crippen molar-refractivity contribution in [2.24, 2.45) is 5.73 Å². The summed E-state index contributed by atoms with van der Waals surface area (Å²) < 4.78 is 51.9. The van der Waals surface area contributed by atoms with Gasteiger partial charge in [0.1, 0.15) is 11.4 Å². The van der Waals surface area contributed by atoms with E-state index in [1.807, 2.05) is 5.32 Å². The Morgan fingerprint density at radius 1 is 1.38 bits per heavy atom. The highest BCUT2D eigenvalue weighted by Crippen LogP contribution is 2.49. The van der Waals surface area contributed by atoms with Crippen LogP contribution in [0.1, 0.15) is 28.8 Å². The van der Waals surface area contributed by atoms with Crippen LogP contribution in [0.3, 0.4) is 0 Å². The number of amides is 1. The zero-order valence-corrected chi connectivity index (χ0v) is 10.9. The Balaban J connectivity index is 2.16. The second kappa shape index (κ2) is 5.37. The van der Waals surface area contributed by atoms with Crippen LogP contribution in [0.25, 0.3) is 0 Å². The minimum Gasteiger partial charge on any atom is -0.338 e. The molecule has 1 aromatic rings. The van der Waals surface area contributed by atoms with Gasteiger partial charge in [-0.25, -0.2) is 4.39 Å². The maximum absolute atomic E-state index is 13.7. The zero-order valence-electron chi connectivity index (χ0n) is 10.9. The average molecular weight is 300 g/mol. The lowest BCUT2D eigenvalue weighted by molar-refractivity contribution is -0.163. The second-order valence-electron chi connectivity index (χ2n) is 4.73. The first-order chi connectivity index (χ1) is 9.79. The number of alkyl halides is 3. The Morgan fingerprint density at radius 3 is 2.52 bits per heavy atom. The number of hydrogen-bond acceptors (Lipinski definition) is 2. The van der Waals surface area contributed by atoms with Crippen molar-refractivity contribution in [3.05, 3.63) is 35.1 Å². The Morgan fingerprint density at radius 2 is 2.05 bits per heavy atom. The summed E-state index contributed by atoms with van der Waals surface area (Å²) in [6.07, 6.45) is -4.83. The molecule has 0 spiro atoms. The van der Waals surface area contributed by atoms with Crippen LogP contribution < -0.4 is 11.1 Å². The van der Waals surface area contributed by atoms with Gasteiger partial charge in [-0.2, -0.15) is 13.2 Å². The highest BCUT2D eigenvalue weighted by Gasteiger charge is 2.64. The van der Waals surface area contributed by atoms with Crippen LogP contribution in [0.15, 0.2) is 18.2 Å². The summed E-state index contributed by atoms with van der Waals surface area (Å²) in [6, 6.07) is 3.33. The topological polar surface area (TPSA) is 55.1 Å². The van der Waals surface area contributed by atoms with Crippen molar-refractivity contribution in [2.45, 2.75) is 24.6 Å². The van der Waals surface area contributed by atoms with Crippen LogP contribution >= 0.6 is 0 Å². The molecule has 0 aromatic heterocycles. The number of carbonyl (C=O) groups is 1. The Bertz CT molecular complexity index is 624. The van der Waals surface area contributed by atoms with Crippen molar-refractivity contribution in [1.29, 1.82) is 0 Å². The largest absolute Gasteiger partial charge is 0.411 e. The molecule has 0 heterocycles. The van der Waals surface area contributed by atoms with E-state index in [0.717, 1.165) is 6.07 Å². The van der Waals surface area contributed by atoms with Gasteiger partial charge in [0.2, 0.25) is 0 Å². The summed E-state index contributed by atoms with van der Waals surface area (Å²) in [5.74, 6) is 3.18. The first-order valence-electron chi connectivity index (χ1n) is 6.17. The summed E-state index contributed by atoms with van der Waals surface area (Å²) in [4.78, 5) is 11.8. The SMILES string of the molecule is NCC#Cc1ccc(C(=O)NC2(C(F)(F)F)CC2)cc1F. The van der Waals surface area contributed by atoms with E-state index in [2.05, 4.69) is 11.8 Å². The van der Waals surface area contributed by atoms with E-state index in [1.54, 1.807) is 0 Å². The molecule has 1 fully saturated rings. The highest BCUT2D eigenvalue weighted by molar-refractivity contribution is 5.95. The molecule has 21 heavy (non-hydrogen) atoms. The van der Waals surface area contributed by atoms with E-state index in [1.165, 1.54) is 12.1 Å². The van der Waals surface area contributed by atoms with E-state index in [4.69, 9.17) is 5.73 Å². The van der Waals surface area contributed by atoms with Crippen LogP contribution in [0, 0.1) is 17.7 Å². The van der Waals surface area contributed by atoms with Crippen molar-refractivity contribution in [1.82, 2.24) is 5.32 Å². The van der Waals surface area contributed by atoms with Gasteiger partial charge < -0.3 is 11.1 Å². The summed E-state index contributed by atoms with van der Waals surface area (Å²) in [5, 5.41) is 1.93. The maximum atomic E-state index is 13.7. The summed E-state index contributed by atoms with van der Waals surface area (Å²) in [7, 11) is 0. The van der Waals surface area contributed by atoms with Crippen molar-refractivity contribution in [3.63, 3.8) is 0 Å². The van der Waals surface area contributed by atoms with Gasteiger partial charge in [0.15, 0.2) is 0 Å². The van der Waals surface area contributed by atoms with Crippen LogP contribution in [0.4, 0.5) is 17.6 Å². The Hall–Kier alpha value is -2.07. The number of hydrogen-bond donors (Lipinski definition) is 2. The minimum atomic E-state index is -4.51. The van der Waals surface area contributed by atoms with Gasteiger partial charge in [-0.1, -0.05) is 11.8 Å². The molecule has 3 N–H and O–H groups in total. The molecule has 1 saturated carbocycles. The van der Waals surface area contributed by atoms with Crippen molar-refractivity contribution in [2.75, 3.05) is 6.54 Å². The predicted molar refractivity (Wildman–Crippen MR) is 67.8 cm³/mol. The van der Waals surface area contributed by atoms with Crippen LogP contribution in [0.5, 0.6) is 0 Å². The smallest absolute Gasteiger partial charge is 0.338 e. The number of benzene rings is 1. The number of rotatable bonds is 2. The maximum Gasteiger partial charge on any atom is 0.411 e. The van der Waals surface area contributed by atoms with E-state index in [0.29, 0.717) is 0 Å². The molecular weight excluding hydrogens is 288 g/mol. The predicted octanol–water partition coefficient (Wildman–Crippen LogP) is 1.96. The van der Waals surface area contributed by atoms with E-state index in [9.17, 15) is 22.4 Å². The Kier molecular flexibility index (Phi) is 3.92. The normalized spacial score (nSPS) is 15.9. The third-order valence-corrected chi connectivity index (χ3v) is 3.20. The van der Waals surface area contributed by atoms with Gasteiger partial charge in [-0.05, 0) is 31.0 Å². The third-order valence-electron chi connectivity index (χ3n) is 3.20. The standard InChI is InChI=1S/C14H12F4N2O/c15-11-8-10(4-3-9(11)2-1-7-19)12(21)20-13(5-6-13)14(16,17)18/h3-4,8H,5-7,19H2,(H,20,21).